The number of likely N-dealkylation sites (N-methyl/N-ethyl adjacent to an activating group) is 1. The zero-order valence-electron chi connectivity index (χ0n) is 22.1. The van der Waals surface area contributed by atoms with E-state index in [9.17, 15) is 26.4 Å². The first-order valence-corrected chi connectivity index (χ1v) is 14.4. The number of hydrogen-bond acceptors (Lipinski definition) is 6. The van der Waals surface area contributed by atoms with Crippen LogP contribution in [0.2, 0.25) is 0 Å². The molecule has 2 atom stereocenters. The van der Waals surface area contributed by atoms with Gasteiger partial charge in [-0.25, -0.2) is 13.2 Å². The van der Waals surface area contributed by atoms with E-state index in [4.69, 9.17) is 4.74 Å². The van der Waals surface area contributed by atoms with Crippen molar-refractivity contribution < 1.29 is 35.9 Å². The molecule has 0 bridgehead atoms. The first kappa shape index (κ1) is 29.0. The van der Waals surface area contributed by atoms with E-state index in [0.717, 1.165) is 11.8 Å². The average Bonchev–Trinajstić information content (AvgIpc) is 3.33. The topological polar surface area (TPSA) is 82.6 Å². The molecule has 2 aromatic rings. The van der Waals surface area contributed by atoms with Crippen molar-refractivity contribution in [3.63, 3.8) is 0 Å². The molecule has 0 aromatic heterocycles. The van der Waals surface area contributed by atoms with E-state index in [0.29, 0.717) is 37.5 Å². The van der Waals surface area contributed by atoms with Crippen molar-refractivity contribution in [2.24, 2.45) is 0 Å². The molecule has 0 N–H and O–H groups in total. The Kier molecular flexibility index (Phi) is 8.62. The van der Waals surface area contributed by atoms with Crippen LogP contribution in [-0.4, -0.2) is 106 Å². The Morgan fingerprint density at radius 1 is 1.03 bits per heavy atom. The second-order valence-corrected chi connectivity index (χ2v) is 11.8. The maximum Gasteiger partial charge on any atom is 0.573 e. The van der Waals surface area contributed by atoms with Crippen LogP contribution in [-0.2, 0) is 16.6 Å². The molecule has 2 aromatic carbocycles. The zero-order valence-corrected chi connectivity index (χ0v) is 22.9. The Labute approximate surface area is 226 Å². The van der Waals surface area contributed by atoms with E-state index in [2.05, 4.69) is 4.74 Å². The fourth-order valence-electron chi connectivity index (χ4n) is 5.29. The number of methoxy groups -OCH3 is 1. The standard InChI is InChI=1S/C26H33F3N4O5S/c1-30(16-20-15-21(38-26(27,28)29)9-10-24(20)37-2)23-18-32(17-22(23)19-7-5-4-6-8-19)25(34)31-11-13-33(14-12-31)39(3,35)36/h4-10,15,22-23H,11-14,16-18H2,1-3H3/t22-,23+/m1/s1. The molecule has 2 heterocycles. The Morgan fingerprint density at radius 2 is 1.69 bits per heavy atom. The third kappa shape index (κ3) is 7.14. The molecule has 214 valence electrons. The predicted octanol–water partition coefficient (Wildman–Crippen LogP) is 3.19. The number of piperazine rings is 1. The van der Waals surface area contributed by atoms with Gasteiger partial charge in [-0.15, -0.1) is 13.2 Å². The van der Waals surface area contributed by atoms with Crippen LogP contribution in [0.1, 0.15) is 17.0 Å². The summed E-state index contributed by atoms with van der Waals surface area (Å²) in [6.45, 7) is 2.24. The molecule has 2 fully saturated rings. The number of rotatable bonds is 7. The van der Waals surface area contributed by atoms with Crippen molar-refractivity contribution in [3.05, 3.63) is 59.7 Å². The van der Waals surface area contributed by atoms with Crippen LogP contribution in [0.25, 0.3) is 0 Å². The molecule has 4 rings (SSSR count). The van der Waals surface area contributed by atoms with Gasteiger partial charge in [-0.1, -0.05) is 30.3 Å². The minimum absolute atomic E-state index is 0.0435. The van der Waals surface area contributed by atoms with E-state index in [-0.39, 0.29) is 43.4 Å². The molecule has 2 aliphatic heterocycles. The summed E-state index contributed by atoms with van der Waals surface area (Å²) in [5.74, 6) is 0.0585. The number of carbonyl (C=O) groups is 1. The van der Waals surface area contributed by atoms with Gasteiger partial charge in [0.25, 0.3) is 0 Å². The van der Waals surface area contributed by atoms with Crippen LogP contribution in [0.5, 0.6) is 11.5 Å². The van der Waals surface area contributed by atoms with Gasteiger partial charge in [-0.05, 0) is 30.8 Å². The number of benzene rings is 2. The summed E-state index contributed by atoms with van der Waals surface area (Å²) in [5, 5.41) is 0. The smallest absolute Gasteiger partial charge is 0.496 e. The number of hydrogen-bond donors (Lipinski definition) is 0. The molecule has 2 amide bonds. The van der Waals surface area contributed by atoms with Crippen molar-refractivity contribution in [2.75, 3.05) is 59.7 Å². The monoisotopic (exact) mass is 570 g/mol. The number of halogens is 3. The number of carbonyl (C=O) groups excluding carboxylic acids is 1. The molecule has 39 heavy (non-hydrogen) atoms. The molecule has 13 heteroatoms. The van der Waals surface area contributed by atoms with E-state index in [1.54, 1.807) is 9.80 Å². The molecule has 0 radical (unpaired) electrons. The van der Waals surface area contributed by atoms with Crippen LogP contribution >= 0.6 is 0 Å². The van der Waals surface area contributed by atoms with Gasteiger partial charge in [0.2, 0.25) is 10.0 Å². The van der Waals surface area contributed by atoms with Crippen molar-refractivity contribution in [2.45, 2.75) is 24.9 Å². The van der Waals surface area contributed by atoms with Gasteiger partial charge in [0, 0.05) is 63.3 Å². The number of likely N-dealkylation sites (tertiary alicyclic amines) is 1. The SMILES string of the molecule is COc1ccc(OC(F)(F)F)cc1CN(C)[C@H]1CN(C(=O)N2CCN(S(C)(=O)=O)CC2)C[C@@H]1c1ccccc1. The van der Waals surface area contributed by atoms with Crippen molar-refractivity contribution >= 4 is 16.1 Å². The largest absolute Gasteiger partial charge is 0.573 e. The first-order valence-electron chi connectivity index (χ1n) is 12.5. The lowest BCUT2D eigenvalue weighted by Crippen LogP contribution is -2.53. The maximum absolute atomic E-state index is 13.5. The molecule has 2 saturated heterocycles. The first-order chi connectivity index (χ1) is 18.4. The summed E-state index contributed by atoms with van der Waals surface area (Å²) < 4.78 is 73.0. The van der Waals surface area contributed by atoms with E-state index >= 15 is 0 Å². The summed E-state index contributed by atoms with van der Waals surface area (Å²) in [6, 6.07) is 13.5. The Balaban J connectivity index is 1.53. The summed E-state index contributed by atoms with van der Waals surface area (Å²) in [6.07, 6.45) is -3.65. The van der Waals surface area contributed by atoms with Gasteiger partial charge in [0.15, 0.2) is 0 Å². The van der Waals surface area contributed by atoms with Gasteiger partial charge in [-0.3, -0.25) is 4.90 Å². The number of amides is 2. The Hall–Kier alpha value is -3.03. The van der Waals surface area contributed by atoms with Gasteiger partial charge >= 0.3 is 12.4 Å². The average molecular weight is 571 g/mol. The second-order valence-electron chi connectivity index (χ2n) is 9.86. The Morgan fingerprint density at radius 3 is 2.28 bits per heavy atom. The minimum atomic E-state index is -4.81. The fourth-order valence-corrected chi connectivity index (χ4v) is 6.12. The summed E-state index contributed by atoms with van der Waals surface area (Å²) in [4.78, 5) is 18.9. The third-order valence-electron chi connectivity index (χ3n) is 7.24. The molecule has 0 spiro atoms. The highest BCUT2D eigenvalue weighted by Gasteiger charge is 2.40. The molecule has 0 unspecified atom stereocenters. The summed E-state index contributed by atoms with van der Waals surface area (Å²) >= 11 is 0. The lowest BCUT2D eigenvalue weighted by atomic mass is 9.93. The van der Waals surface area contributed by atoms with Gasteiger partial charge in [0.05, 0.1) is 13.4 Å². The molecule has 9 nitrogen and oxygen atoms in total. The number of urea groups is 1. The van der Waals surface area contributed by atoms with E-state index in [1.165, 1.54) is 29.6 Å². The van der Waals surface area contributed by atoms with Crippen LogP contribution in [0.3, 0.4) is 0 Å². The van der Waals surface area contributed by atoms with Crippen molar-refractivity contribution in [1.29, 1.82) is 0 Å². The van der Waals surface area contributed by atoms with Crippen molar-refractivity contribution in [1.82, 2.24) is 19.0 Å². The summed E-state index contributed by atoms with van der Waals surface area (Å²) in [5.41, 5.74) is 1.57. The molecule has 0 aliphatic carbocycles. The summed E-state index contributed by atoms with van der Waals surface area (Å²) in [7, 11) is 0.0108. The highest BCUT2D eigenvalue weighted by molar-refractivity contribution is 7.88. The number of sulfonamides is 1. The minimum Gasteiger partial charge on any atom is -0.496 e. The number of nitrogens with zero attached hydrogens (tertiary/aromatic N) is 4. The highest BCUT2D eigenvalue weighted by atomic mass is 32.2. The van der Waals surface area contributed by atoms with Crippen LogP contribution in [0.4, 0.5) is 18.0 Å². The van der Waals surface area contributed by atoms with Crippen LogP contribution in [0.15, 0.2) is 48.5 Å². The molecular weight excluding hydrogens is 537 g/mol. The second kappa shape index (κ2) is 11.6. The molecular formula is C26H33F3N4O5S. The Bertz CT molecular complexity index is 1250. The quantitative estimate of drug-likeness (QED) is 0.509. The lowest BCUT2D eigenvalue weighted by molar-refractivity contribution is -0.274. The normalized spacial score (nSPS) is 20.9. The maximum atomic E-state index is 13.5. The zero-order chi connectivity index (χ0) is 28.4. The van der Waals surface area contributed by atoms with Crippen molar-refractivity contribution in [3.8, 4) is 11.5 Å². The van der Waals surface area contributed by atoms with Crippen LogP contribution in [0, 0.1) is 0 Å². The lowest BCUT2D eigenvalue weighted by Gasteiger charge is -2.35. The number of alkyl halides is 3. The fraction of sp³-hybridized carbons (Fsp3) is 0.500. The van der Waals surface area contributed by atoms with Gasteiger partial charge in [0.1, 0.15) is 11.5 Å². The molecule has 0 saturated carbocycles. The molecule has 2 aliphatic rings. The predicted molar refractivity (Wildman–Crippen MR) is 139 cm³/mol. The highest BCUT2D eigenvalue weighted by Crippen LogP contribution is 2.34. The van der Waals surface area contributed by atoms with Crippen LogP contribution < -0.4 is 9.47 Å². The van der Waals surface area contributed by atoms with Gasteiger partial charge < -0.3 is 19.3 Å². The van der Waals surface area contributed by atoms with Gasteiger partial charge in [-0.2, -0.15) is 4.31 Å². The number of ether oxygens (including phenoxy) is 2. The third-order valence-corrected chi connectivity index (χ3v) is 8.54. The van der Waals surface area contributed by atoms with E-state index < -0.39 is 16.4 Å². The van der Waals surface area contributed by atoms with E-state index in [1.807, 2.05) is 42.3 Å².